The quantitative estimate of drug-likeness (QED) is 0.570. The second-order valence-electron chi connectivity index (χ2n) is 6.49. The number of amides is 1. The van der Waals surface area contributed by atoms with Crippen molar-refractivity contribution < 1.29 is 4.79 Å². The van der Waals surface area contributed by atoms with Crippen LogP contribution in [0.15, 0.2) is 23.5 Å². The van der Waals surface area contributed by atoms with Crippen LogP contribution in [0.2, 0.25) is 0 Å². The highest BCUT2D eigenvalue weighted by Gasteiger charge is 2.27. The van der Waals surface area contributed by atoms with Gasteiger partial charge in [0, 0.05) is 18.3 Å². The first-order valence-corrected chi connectivity index (χ1v) is 9.99. The van der Waals surface area contributed by atoms with E-state index >= 15 is 0 Å². The molecule has 0 N–H and O–H groups in total. The highest BCUT2D eigenvalue weighted by Crippen LogP contribution is 2.22. The number of aromatic nitrogens is 4. The molecular formula is C20H37N5O2. The molecular weight excluding hydrogens is 342 g/mol. The van der Waals surface area contributed by atoms with Gasteiger partial charge in [0.25, 0.3) is 0 Å². The molecule has 0 unspecified atom stereocenters. The molecule has 0 bridgehead atoms. The molecule has 1 aliphatic rings. The number of allylic oxidation sites excluding steroid dienone is 3. The van der Waals surface area contributed by atoms with Gasteiger partial charge in [-0.2, -0.15) is 4.68 Å². The van der Waals surface area contributed by atoms with Crippen molar-refractivity contribution in [2.45, 2.75) is 86.1 Å². The van der Waals surface area contributed by atoms with Crippen molar-refractivity contribution in [2.75, 3.05) is 6.54 Å². The van der Waals surface area contributed by atoms with Gasteiger partial charge in [-0.15, -0.1) is 11.3 Å². The van der Waals surface area contributed by atoms with Gasteiger partial charge in [-0.1, -0.05) is 51.7 Å². The number of tetrazole rings is 1. The summed E-state index contributed by atoms with van der Waals surface area (Å²) in [5.41, 5.74) is 0.143. The highest BCUT2D eigenvalue weighted by molar-refractivity contribution is 5.76. The standard InChI is InChI=1S/C14H23N5O2.C3H8.C3H6/c1-4-11(3)18-14(21)19(16-15-18)13(20)17(5-2)12-9-7-6-8-10-12;2*1-3-2/h4,12H,5-10H2,1-3H3;3H2,1-2H3;3H,1H2,2H3/b11-4+;;. The Morgan fingerprint density at radius 3 is 2.07 bits per heavy atom. The van der Waals surface area contributed by atoms with Crippen LogP contribution in [0.4, 0.5) is 4.79 Å². The Kier molecular flexibility index (Phi) is 12.8. The molecule has 0 aromatic carbocycles. The van der Waals surface area contributed by atoms with E-state index in [4.69, 9.17) is 0 Å². The molecule has 1 heterocycles. The number of rotatable bonds is 3. The van der Waals surface area contributed by atoms with Gasteiger partial charge in [0.2, 0.25) is 0 Å². The molecule has 154 valence electrons. The molecule has 0 radical (unpaired) electrons. The smallest absolute Gasteiger partial charge is 0.320 e. The van der Waals surface area contributed by atoms with Gasteiger partial charge in [0.1, 0.15) is 0 Å². The van der Waals surface area contributed by atoms with E-state index in [0.29, 0.717) is 12.2 Å². The van der Waals surface area contributed by atoms with Gasteiger partial charge in [-0.05, 0) is 51.0 Å². The van der Waals surface area contributed by atoms with E-state index in [0.717, 1.165) is 35.0 Å². The molecule has 7 nitrogen and oxygen atoms in total. The summed E-state index contributed by atoms with van der Waals surface area (Å²) in [6.45, 7) is 15.6. The molecule has 2 rings (SSSR count). The third-order valence-electron chi connectivity index (χ3n) is 4.12. The molecule has 7 heteroatoms. The second-order valence-corrected chi connectivity index (χ2v) is 6.49. The molecule has 1 aliphatic carbocycles. The van der Waals surface area contributed by atoms with E-state index in [-0.39, 0.29) is 12.1 Å². The maximum absolute atomic E-state index is 12.6. The van der Waals surface area contributed by atoms with Crippen LogP contribution in [-0.2, 0) is 0 Å². The van der Waals surface area contributed by atoms with Crippen LogP contribution in [0, 0.1) is 0 Å². The van der Waals surface area contributed by atoms with E-state index in [9.17, 15) is 9.59 Å². The molecule has 1 aromatic rings. The third kappa shape index (κ3) is 7.53. The molecule has 27 heavy (non-hydrogen) atoms. The summed E-state index contributed by atoms with van der Waals surface area (Å²) < 4.78 is 2.01. The largest absolute Gasteiger partial charge is 0.377 e. The molecule has 0 aliphatic heterocycles. The fourth-order valence-electron chi connectivity index (χ4n) is 2.77. The summed E-state index contributed by atoms with van der Waals surface area (Å²) in [6.07, 6.45) is 10.2. The Hall–Kier alpha value is -2.18. The van der Waals surface area contributed by atoms with Crippen molar-refractivity contribution in [3.05, 3.63) is 29.2 Å². The minimum Gasteiger partial charge on any atom is -0.320 e. The number of carbonyl (C=O) groups is 1. The summed E-state index contributed by atoms with van der Waals surface area (Å²) in [4.78, 5) is 26.5. The first kappa shape index (κ1) is 24.8. The monoisotopic (exact) mass is 379 g/mol. The molecule has 1 aromatic heterocycles. The molecule has 0 atom stereocenters. The SMILES string of the molecule is C/C=C(\C)n1nnn(C(=O)N(CC)C2CCCCC2)c1=O.C=CC.CCC. The van der Waals surface area contributed by atoms with Crippen LogP contribution in [0.1, 0.15) is 80.1 Å². The normalized spacial score (nSPS) is 14.4. The molecule has 1 saturated carbocycles. The van der Waals surface area contributed by atoms with Gasteiger partial charge in [0.05, 0.1) is 0 Å². The zero-order valence-electron chi connectivity index (χ0n) is 17.9. The van der Waals surface area contributed by atoms with Crippen LogP contribution in [0.3, 0.4) is 0 Å². The summed E-state index contributed by atoms with van der Waals surface area (Å²) in [7, 11) is 0. The van der Waals surface area contributed by atoms with Gasteiger partial charge in [-0.3, -0.25) is 0 Å². The van der Waals surface area contributed by atoms with Crippen LogP contribution in [-0.4, -0.2) is 43.3 Å². The fourth-order valence-corrected chi connectivity index (χ4v) is 2.77. The van der Waals surface area contributed by atoms with Crippen LogP contribution in [0.5, 0.6) is 0 Å². The maximum atomic E-state index is 12.6. The van der Waals surface area contributed by atoms with E-state index in [1.807, 2.05) is 20.8 Å². The number of nitrogens with zero attached hydrogens (tertiary/aromatic N) is 5. The van der Waals surface area contributed by atoms with Crippen molar-refractivity contribution in [3.8, 4) is 0 Å². The van der Waals surface area contributed by atoms with Crippen molar-refractivity contribution in [1.29, 1.82) is 0 Å². The summed E-state index contributed by atoms with van der Waals surface area (Å²) in [6, 6.07) is -0.166. The minimum absolute atomic E-state index is 0.205. The lowest BCUT2D eigenvalue weighted by Crippen LogP contribution is -2.46. The average molecular weight is 380 g/mol. The lowest BCUT2D eigenvalue weighted by molar-refractivity contribution is 0.157. The van der Waals surface area contributed by atoms with Crippen molar-refractivity contribution in [1.82, 2.24) is 24.7 Å². The second kappa shape index (κ2) is 13.9. The van der Waals surface area contributed by atoms with E-state index in [1.165, 1.54) is 12.8 Å². The fraction of sp³-hybridized carbons (Fsp3) is 0.700. The van der Waals surface area contributed by atoms with E-state index < -0.39 is 5.69 Å². The predicted molar refractivity (Wildman–Crippen MR) is 112 cm³/mol. The first-order valence-electron chi connectivity index (χ1n) is 9.99. The van der Waals surface area contributed by atoms with Gasteiger partial charge in [0.15, 0.2) is 0 Å². The number of hydrogen-bond acceptors (Lipinski definition) is 4. The third-order valence-corrected chi connectivity index (χ3v) is 4.12. The molecule has 1 fully saturated rings. The van der Waals surface area contributed by atoms with E-state index in [1.54, 1.807) is 24.0 Å². The zero-order chi connectivity index (χ0) is 20.8. The van der Waals surface area contributed by atoms with Crippen molar-refractivity contribution in [2.24, 2.45) is 0 Å². The molecule has 0 saturated heterocycles. The van der Waals surface area contributed by atoms with Crippen molar-refractivity contribution >= 4 is 11.7 Å². The van der Waals surface area contributed by atoms with Crippen molar-refractivity contribution in [3.63, 3.8) is 0 Å². The predicted octanol–water partition coefficient (Wildman–Crippen LogP) is 4.55. The highest BCUT2D eigenvalue weighted by atomic mass is 16.2. The summed E-state index contributed by atoms with van der Waals surface area (Å²) >= 11 is 0. The minimum atomic E-state index is -0.509. The van der Waals surface area contributed by atoms with Crippen LogP contribution >= 0.6 is 0 Å². The Balaban J connectivity index is 0.000000997. The van der Waals surface area contributed by atoms with Crippen LogP contribution < -0.4 is 5.69 Å². The van der Waals surface area contributed by atoms with E-state index in [2.05, 4.69) is 30.9 Å². The molecule has 1 amide bonds. The lowest BCUT2D eigenvalue weighted by atomic mass is 9.94. The first-order chi connectivity index (χ1) is 12.9. The Morgan fingerprint density at radius 2 is 1.63 bits per heavy atom. The Labute approximate surface area is 163 Å². The Bertz CT molecular complexity index is 639. The van der Waals surface area contributed by atoms with Gasteiger partial charge < -0.3 is 4.90 Å². The lowest BCUT2D eigenvalue weighted by Gasteiger charge is -2.32. The zero-order valence-corrected chi connectivity index (χ0v) is 17.9. The maximum Gasteiger partial charge on any atom is 0.377 e. The Morgan fingerprint density at radius 1 is 1.15 bits per heavy atom. The van der Waals surface area contributed by atoms with Gasteiger partial charge >= 0.3 is 11.7 Å². The number of hydrogen-bond donors (Lipinski definition) is 0. The number of carbonyl (C=O) groups excluding carboxylic acids is 1. The summed E-state index contributed by atoms with van der Waals surface area (Å²) in [5, 5.41) is 7.50. The van der Waals surface area contributed by atoms with Crippen LogP contribution in [0.25, 0.3) is 5.70 Å². The topological polar surface area (TPSA) is 73.0 Å². The molecule has 0 spiro atoms. The average Bonchev–Trinajstić information content (AvgIpc) is 3.05. The summed E-state index contributed by atoms with van der Waals surface area (Å²) in [5.74, 6) is 0. The van der Waals surface area contributed by atoms with Gasteiger partial charge in [-0.25, -0.2) is 9.59 Å².